The standard InChI is InChI=1S/C32H42N8O2/c1-32(2,3)26-18-27(37-42-26)36-28(41)17-21-5-7-22(8-6-21)25-19-40(31-29(25)30(33)34-20-35-31)24-11-9-23(10-12-24)39-15-13-38(4)14-16-39/h5-8,18-20,23-24H,9-17H2,1-4H3,(H2,33,34,35)(H,36,37,41)/t23-,24-. The number of rotatable bonds is 6. The van der Waals surface area contributed by atoms with E-state index in [1.54, 1.807) is 12.4 Å². The summed E-state index contributed by atoms with van der Waals surface area (Å²) in [5.41, 5.74) is 10.1. The molecule has 222 valence electrons. The van der Waals surface area contributed by atoms with Gasteiger partial charge >= 0.3 is 0 Å². The quantitative estimate of drug-likeness (QED) is 0.337. The molecular weight excluding hydrogens is 528 g/mol. The van der Waals surface area contributed by atoms with Crippen molar-refractivity contribution in [1.82, 2.24) is 29.5 Å². The number of nitrogens with zero attached hydrogens (tertiary/aromatic N) is 6. The second kappa shape index (κ2) is 11.5. The molecule has 0 atom stereocenters. The van der Waals surface area contributed by atoms with Crippen molar-refractivity contribution in [3.05, 3.63) is 54.2 Å². The van der Waals surface area contributed by atoms with E-state index in [0.717, 1.165) is 59.4 Å². The fourth-order valence-corrected chi connectivity index (χ4v) is 6.36. The van der Waals surface area contributed by atoms with E-state index in [-0.39, 0.29) is 17.7 Å². The van der Waals surface area contributed by atoms with Crippen molar-refractivity contribution in [3.63, 3.8) is 0 Å². The maximum absolute atomic E-state index is 12.7. The van der Waals surface area contributed by atoms with Crippen LogP contribution in [0.25, 0.3) is 22.2 Å². The summed E-state index contributed by atoms with van der Waals surface area (Å²) in [5.74, 6) is 1.51. The molecule has 3 aromatic heterocycles. The van der Waals surface area contributed by atoms with Crippen molar-refractivity contribution in [2.45, 2.75) is 70.4 Å². The summed E-state index contributed by atoms with van der Waals surface area (Å²) in [6.45, 7) is 10.8. The van der Waals surface area contributed by atoms with Gasteiger partial charge in [0, 0.05) is 61.5 Å². The zero-order valence-electron chi connectivity index (χ0n) is 25.1. The number of nitrogens with two attached hydrogens (primary N) is 1. The van der Waals surface area contributed by atoms with Gasteiger partial charge < -0.3 is 25.0 Å². The van der Waals surface area contributed by atoms with Crippen LogP contribution in [-0.2, 0) is 16.6 Å². The summed E-state index contributed by atoms with van der Waals surface area (Å²) >= 11 is 0. The first-order valence-corrected chi connectivity index (χ1v) is 15.1. The average Bonchev–Trinajstić information content (AvgIpc) is 3.60. The molecule has 10 heteroatoms. The first-order chi connectivity index (χ1) is 20.2. The zero-order valence-corrected chi connectivity index (χ0v) is 25.1. The molecule has 0 bridgehead atoms. The summed E-state index contributed by atoms with van der Waals surface area (Å²) in [6, 6.07) is 10.9. The zero-order chi connectivity index (χ0) is 29.4. The van der Waals surface area contributed by atoms with Gasteiger partial charge in [-0.2, -0.15) is 0 Å². The molecule has 1 saturated carbocycles. The highest BCUT2D eigenvalue weighted by atomic mass is 16.5. The molecule has 2 aliphatic rings. The number of piperazine rings is 1. The highest BCUT2D eigenvalue weighted by molar-refractivity contribution is 6.00. The molecule has 0 unspecified atom stereocenters. The Hall–Kier alpha value is -3.76. The maximum atomic E-state index is 12.7. The molecule has 3 N–H and O–H groups in total. The Bertz CT molecular complexity index is 1530. The molecule has 0 spiro atoms. The molecule has 1 aromatic carbocycles. The molecule has 1 aliphatic heterocycles. The third-order valence-corrected chi connectivity index (χ3v) is 8.90. The predicted molar refractivity (Wildman–Crippen MR) is 165 cm³/mol. The van der Waals surface area contributed by atoms with Crippen LogP contribution in [0.4, 0.5) is 11.6 Å². The van der Waals surface area contributed by atoms with Crippen molar-refractivity contribution in [3.8, 4) is 11.1 Å². The van der Waals surface area contributed by atoms with Gasteiger partial charge in [0.05, 0.1) is 11.8 Å². The van der Waals surface area contributed by atoms with Gasteiger partial charge in [-0.1, -0.05) is 50.2 Å². The molecule has 1 saturated heterocycles. The molecule has 1 aliphatic carbocycles. The van der Waals surface area contributed by atoms with Crippen LogP contribution in [0.2, 0.25) is 0 Å². The lowest BCUT2D eigenvalue weighted by atomic mass is 9.89. The van der Waals surface area contributed by atoms with E-state index in [1.165, 1.54) is 25.9 Å². The van der Waals surface area contributed by atoms with E-state index in [1.807, 2.05) is 45.0 Å². The van der Waals surface area contributed by atoms with Gasteiger partial charge in [0.2, 0.25) is 5.91 Å². The van der Waals surface area contributed by atoms with Gasteiger partial charge in [0.15, 0.2) is 5.82 Å². The molecule has 4 aromatic rings. The molecule has 10 nitrogen and oxygen atoms in total. The normalized spacial score (nSPS) is 20.7. The van der Waals surface area contributed by atoms with Crippen LogP contribution in [0.5, 0.6) is 0 Å². The molecule has 42 heavy (non-hydrogen) atoms. The monoisotopic (exact) mass is 570 g/mol. The maximum Gasteiger partial charge on any atom is 0.230 e. The largest absolute Gasteiger partial charge is 0.383 e. The molecule has 2 fully saturated rings. The Balaban J connectivity index is 1.16. The van der Waals surface area contributed by atoms with Crippen LogP contribution in [0.15, 0.2) is 47.4 Å². The summed E-state index contributed by atoms with van der Waals surface area (Å²) < 4.78 is 7.71. The van der Waals surface area contributed by atoms with Crippen LogP contribution >= 0.6 is 0 Å². The smallest absolute Gasteiger partial charge is 0.230 e. The minimum Gasteiger partial charge on any atom is -0.383 e. The number of anilines is 2. The van der Waals surface area contributed by atoms with Crippen LogP contribution in [0.1, 0.15) is 63.8 Å². The van der Waals surface area contributed by atoms with Gasteiger partial charge in [-0.3, -0.25) is 9.69 Å². The van der Waals surface area contributed by atoms with E-state index in [4.69, 9.17) is 10.3 Å². The summed E-state index contributed by atoms with van der Waals surface area (Å²) in [5, 5.41) is 7.72. The lowest BCUT2D eigenvalue weighted by molar-refractivity contribution is -0.115. The first-order valence-electron chi connectivity index (χ1n) is 15.1. The average molecular weight is 571 g/mol. The Morgan fingerprint density at radius 1 is 1.02 bits per heavy atom. The second-order valence-corrected chi connectivity index (χ2v) is 13.0. The number of likely N-dealkylation sites (N-methyl/N-ethyl adjacent to an activating group) is 1. The summed E-state index contributed by atoms with van der Waals surface area (Å²) in [4.78, 5) is 26.8. The fraction of sp³-hybridized carbons (Fsp3) is 0.500. The van der Waals surface area contributed by atoms with Crippen molar-refractivity contribution < 1.29 is 9.32 Å². The third kappa shape index (κ3) is 5.91. The van der Waals surface area contributed by atoms with Gasteiger partial charge in [0.1, 0.15) is 23.6 Å². The first kappa shape index (κ1) is 28.4. The summed E-state index contributed by atoms with van der Waals surface area (Å²) in [7, 11) is 2.21. The predicted octanol–water partition coefficient (Wildman–Crippen LogP) is 4.88. The van der Waals surface area contributed by atoms with Crippen LogP contribution in [-0.4, -0.2) is 74.7 Å². The van der Waals surface area contributed by atoms with Crippen molar-refractivity contribution >= 4 is 28.6 Å². The van der Waals surface area contributed by atoms with Gasteiger partial charge in [-0.05, 0) is 43.9 Å². The van der Waals surface area contributed by atoms with Crippen molar-refractivity contribution in [1.29, 1.82) is 0 Å². The molecule has 0 radical (unpaired) electrons. The highest BCUT2D eigenvalue weighted by Gasteiger charge is 2.30. The number of hydrogen-bond acceptors (Lipinski definition) is 8. The van der Waals surface area contributed by atoms with E-state index in [9.17, 15) is 4.79 Å². The number of carbonyl (C=O) groups is 1. The van der Waals surface area contributed by atoms with Crippen LogP contribution in [0.3, 0.4) is 0 Å². The van der Waals surface area contributed by atoms with Gasteiger partial charge in [0.25, 0.3) is 0 Å². The van der Waals surface area contributed by atoms with E-state index >= 15 is 0 Å². The third-order valence-electron chi connectivity index (χ3n) is 8.90. The van der Waals surface area contributed by atoms with Crippen LogP contribution in [0, 0.1) is 0 Å². The number of amides is 1. The van der Waals surface area contributed by atoms with Crippen molar-refractivity contribution in [2.24, 2.45) is 0 Å². The molecular formula is C32H42N8O2. The van der Waals surface area contributed by atoms with E-state index in [2.05, 4.69) is 48.1 Å². The minimum absolute atomic E-state index is 0.141. The fourth-order valence-electron chi connectivity index (χ4n) is 6.36. The number of carbonyl (C=O) groups excluding carboxylic acids is 1. The number of fused-ring (bicyclic) bond motifs is 1. The van der Waals surface area contributed by atoms with E-state index in [0.29, 0.717) is 23.7 Å². The lowest BCUT2D eigenvalue weighted by Crippen LogP contribution is -2.49. The molecule has 4 heterocycles. The summed E-state index contributed by atoms with van der Waals surface area (Å²) in [6.07, 6.45) is 8.66. The van der Waals surface area contributed by atoms with E-state index < -0.39 is 0 Å². The van der Waals surface area contributed by atoms with Gasteiger partial charge in [-0.15, -0.1) is 0 Å². The Morgan fingerprint density at radius 2 is 1.71 bits per heavy atom. The molecule has 6 rings (SSSR count). The minimum atomic E-state index is -0.173. The topological polar surface area (TPSA) is 118 Å². The number of nitrogen functional groups attached to an aromatic ring is 1. The van der Waals surface area contributed by atoms with Crippen LogP contribution < -0.4 is 11.1 Å². The van der Waals surface area contributed by atoms with Gasteiger partial charge in [-0.25, -0.2) is 9.97 Å². The molecule has 1 amide bonds. The number of nitrogens with one attached hydrogen (secondary N) is 1. The number of aromatic nitrogens is 4. The Kier molecular flexibility index (Phi) is 7.76. The number of benzene rings is 1. The SMILES string of the molecule is CN1CCN([C@H]2CC[C@H](n3cc(-c4ccc(CC(=O)Nc5cc(C(C)(C)C)on5)cc4)c4c(N)ncnc43)CC2)CC1. The van der Waals surface area contributed by atoms with Crippen molar-refractivity contribution in [2.75, 3.05) is 44.3 Å². The Labute approximate surface area is 247 Å². The number of hydrogen-bond donors (Lipinski definition) is 2. The highest BCUT2D eigenvalue weighted by Crippen LogP contribution is 2.39. The lowest BCUT2D eigenvalue weighted by Gasteiger charge is -2.41. The Morgan fingerprint density at radius 3 is 2.38 bits per heavy atom. The second-order valence-electron chi connectivity index (χ2n) is 13.0.